The highest BCUT2D eigenvalue weighted by Crippen LogP contribution is 2.66. The fourth-order valence-corrected chi connectivity index (χ4v) is 15.9. The maximum atomic E-state index is 2.57. The molecule has 0 N–H and O–H groups in total. The molecule has 13 aromatic rings. The van der Waals surface area contributed by atoms with E-state index >= 15 is 0 Å². The van der Waals surface area contributed by atoms with Gasteiger partial charge in [-0.3, -0.25) is 0 Å². The first kappa shape index (κ1) is 48.9. The minimum atomic E-state index is -0.447. The fraction of sp³-hybridized carbons (Fsp3) is 0.122. The van der Waals surface area contributed by atoms with E-state index in [1.807, 2.05) is 0 Å². The van der Waals surface area contributed by atoms with Gasteiger partial charge in [-0.15, -0.1) is 0 Å². The van der Waals surface area contributed by atoms with Gasteiger partial charge >= 0.3 is 0 Å². The van der Waals surface area contributed by atoms with Crippen molar-refractivity contribution in [3.63, 3.8) is 0 Å². The van der Waals surface area contributed by atoms with Gasteiger partial charge in [-0.25, -0.2) is 0 Å². The monoisotopic (exact) mass is 1070 g/mol. The molecule has 0 saturated carbocycles. The topological polar surface area (TPSA) is 8.17 Å². The molecule has 12 aromatic carbocycles. The lowest BCUT2D eigenvalue weighted by molar-refractivity contribution is 0.590. The molecule has 1 aromatic heterocycles. The summed E-state index contributed by atoms with van der Waals surface area (Å²) in [6.07, 6.45) is 0. The van der Waals surface area contributed by atoms with Gasteiger partial charge in [0.1, 0.15) is 0 Å². The van der Waals surface area contributed by atoms with Gasteiger partial charge in [0.2, 0.25) is 0 Å². The van der Waals surface area contributed by atoms with Gasteiger partial charge in [0.05, 0.1) is 33.2 Å². The predicted molar refractivity (Wildman–Crippen MR) is 351 cm³/mol. The third-order valence-corrected chi connectivity index (χ3v) is 19.6. The third kappa shape index (κ3) is 6.46. The highest BCUT2D eigenvalue weighted by molar-refractivity contribution is 6.12. The second-order valence-corrected chi connectivity index (χ2v) is 25.9. The van der Waals surface area contributed by atoms with E-state index in [1.54, 1.807) is 0 Å². The first-order chi connectivity index (χ1) is 41.0. The molecule has 2 spiro atoms. The number of fused-ring (bicyclic) bond motifs is 23. The number of anilines is 3. The van der Waals surface area contributed by atoms with E-state index in [2.05, 4.69) is 318 Å². The maximum absolute atomic E-state index is 2.57. The molecule has 84 heavy (non-hydrogen) atoms. The Labute approximate surface area is 492 Å². The molecular weight excluding hydrogens is 1010 g/mol. The highest BCUT2D eigenvalue weighted by Gasteiger charge is 2.54. The minimum absolute atomic E-state index is 0.0139. The average molecular weight is 1080 g/mol. The second-order valence-electron chi connectivity index (χ2n) is 25.9. The van der Waals surface area contributed by atoms with Crippen molar-refractivity contribution in [3.05, 3.63) is 323 Å². The molecule has 2 nitrogen and oxygen atoms in total. The lowest BCUT2D eigenvalue weighted by Gasteiger charge is -2.32. The van der Waals surface area contributed by atoms with Crippen molar-refractivity contribution in [1.29, 1.82) is 0 Å². The molecule has 0 unspecified atom stereocenters. The zero-order valence-electron chi connectivity index (χ0n) is 48.3. The molecule has 0 saturated heterocycles. The quantitative estimate of drug-likeness (QED) is 0.167. The van der Waals surface area contributed by atoms with Crippen LogP contribution in [0.5, 0.6) is 0 Å². The van der Waals surface area contributed by atoms with E-state index in [9.17, 15) is 0 Å². The fourth-order valence-electron chi connectivity index (χ4n) is 15.9. The Bertz CT molecular complexity index is 4830. The Morgan fingerprint density at radius 2 is 0.667 bits per heavy atom. The van der Waals surface area contributed by atoms with Gasteiger partial charge in [-0.2, -0.15) is 0 Å². The molecule has 1 heterocycles. The van der Waals surface area contributed by atoms with Crippen molar-refractivity contribution in [1.82, 2.24) is 4.57 Å². The maximum Gasteiger partial charge on any atom is 0.0726 e. The van der Waals surface area contributed by atoms with Crippen LogP contribution in [0, 0.1) is 0 Å². The summed E-state index contributed by atoms with van der Waals surface area (Å²) in [5, 5.41) is 2.51. The molecule has 0 fully saturated rings. The standard InChI is InChI=1S/C82H62N2/c1-79(2,3)53-40-45-56(46-41-53)83(75-35-19-33-71-77(75)61-25-11-17-31-69(61)81(71)65-27-13-7-21-57(65)58-22-8-14-28-66(58)81)55-43-37-51(38-44-55)52-39-47-73-63(49-52)64-50-54(80(4,5)6)42-48-74(64)84(73)76-36-20-34-72-78(76)62-26-12-18-32-70(62)82(72)67-29-15-9-23-59(67)60-24-10-16-30-68(60)82/h7-50H,1-6H3. The molecule has 0 aliphatic heterocycles. The number of rotatable bonds is 5. The highest BCUT2D eigenvalue weighted by atomic mass is 15.1. The third-order valence-electron chi connectivity index (χ3n) is 19.6. The molecule has 4 aliphatic rings. The van der Waals surface area contributed by atoms with Crippen molar-refractivity contribution in [2.24, 2.45) is 0 Å². The van der Waals surface area contributed by atoms with Gasteiger partial charge in [0, 0.05) is 33.3 Å². The van der Waals surface area contributed by atoms with E-state index in [0.717, 1.165) is 11.4 Å². The molecule has 4 aliphatic carbocycles. The molecule has 2 heteroatoms. The van der Waals surface area contributed by atoms with Crippen molar-refractivity contribution >= 4 is 38.9 Å². The van der Waals surface area contributed by atoms with E-state index in [0.29, 0.717) is 0 Å². The molecule has 0 radical (unpaired) electrons. The lowest BCUT2D eigenvalue weighted by atomic mass is 9.70. The van der Waals surface area contributed by atoms with Crippen molar-refractivity contribution in [2.75, 3.05) is 4.90 Å². The number of benzene rings is 12. The summed E-state index contributed by atoms with van der Waals surface area (Å²) < 4.78 is 2.57. The van der Waals surface area contributed by atoms with Crippen LogP contribution in [-0.2, 0) is 21.7 Å². The Morgan fingerprint density at radius 1 is 0.298 bits per heavy atom. The predicted octanol–water partition coefficient (Wildman–Crippen LogP) is 21.2. The van der Waals surface area contributed by atoms with Crippen LogP contribution in [0.2, 0.25) is 0 Å². The number of hydrogen-bond acceptors (Lipinski definition) is 1. The second kappa shape index (κ2) is 17.4. The Morgan fingerprint density at radius 3 is 1.17 bits per heavy atom. The number of nitrogens with zero attached hydrogens (tertiary/aromatic N) is 2. The van der Waals surface area contributed by atoms with Crippen molar-refractivity contribution < 1.29 is 0 Å². The first-order valence-electron chi connectivity index (χ1n) is 29.9. The largest absolute Gasteiger partial charge is 0.310 e. The normalized spacial score (nSPS) is 14.3. The van der Waals surface area contributed by atoms with Crippen LogP contribution in [-0.4, -0.2) is 4.57 Å². The average Bonchev–Trinajstić information content (AvgIpc) is 1.55. The van der Waals surface area contributed by atoms with Crippen LogP contribution in [0.25, 0.3) is 83.1 Å². The summed E-state index contributed by atoms with van der Waals surface area (Å²) in [5.41, 5.74) is 32.3. The summed E-state index contributed by atoms with van der Waals surface area (Å²) >= 11 is 0. The minimum Gasteiger partial charge on any atom is -0.310 e. The van der Waals surface area contributed by atoms with E-state index in [1.165, 1.54) is 144 Å². The van der Waals surface area contributed by atoms with Gasteiger partial charge in [-0.1, -0.05) is 248 Å². The molecule has 0 amide bonds. The molecule has 400 valence electrons. The molecule has 17 rings (SSSR count). The summed E-state index contributed by atoms with van der Waals surface area (Å²) in [6, 6.07) is 102. The van der Waals surface area contributed by atoms with E-state index in [4.69, 9.17) is 0 Å². The Balaban J connectivity index is 0.838. The zero-order valence-corrected chi connectivity index (χ0v) is 48.3. The Kier molecular flexibility index (Phi) is 10.1. The zero-order chi connectivity index (χ0) is 56.4. The van der Waals surface area contributed by atoms with Crippen LogP contribution in [0.4, 0.5) is 17.1 Å². The molecule has 0 atom stereocenters. The van der Waals surface area contributed by atoms with E-state index in [-0.39, 0.29) is 10.8 Å². The van der Waals surface area contributed by atoms with Crippen LogP contribution in [0.1, 0.15) is 97.2 Å². The van der Waals surface area contributed by atoms with Gasteiger partial charge in [0.25, 0.3) is 0 Å². The van der Waals surface area contributed by atoms with Gasteiger partial charge < -0.3 is 9.47 Å². The Hall–Kier alpha value is -9.76. The SMILES string of the molecule is CC(C)(C)c1ccc(N(c2ccc(-c3ccc4c(c3)c3cc(C(C)(C)C)ccc3n4-c3cccc4c3-c3ccccc3C43c4ccccc4-c4ccccc43)cc2)c2cccc3c2-c2ccccc2C32c3ccccc3-c3ccccc32)cc1. The summed E-state index contributed by atoms with van der Waals surface area (Å²) in [6.45, 7) is 13.9. The molecule has 0 bridgehead atoms. The van der Waals surface area contributed by atoms with Crippen LogP contribution in [0.3, 0.4) is 0 Å². The first-order valence-corrected chi connectivity index (χ1v) is 29.9. The van der Waals surface area contributed by atoms with Crippen molar-refractivity contribution in [2.45, 2.75) is 63.2 Å². The van der Waals surface area contributed by atoms with Gasteiger partial charge in [0.15, 0.2) is 0 Å². The smallest absolute Gasteiger partial charge is 0.0726 e. The summed E-state index contributed by atoms with van der Waals surface area (Å²) in [4.78, 5) is 2.51. The van der Waals surface area contributed by atoms with Crippen LogP contribution in [0.15, 0.2) is 267 Å². The van der Waals surface area contributed by atoms with Gasteiger partial charge in [-0.05, 0) is 172 Å². The van der Waals surface area contributed by atoms with Crippen LogP contribution >= 0.6 is 0 Å². The number of hydrogen-bond donors (Lipinski definition) is 0. The summed E-state index contributed by atoms with van der Waals surface area (Å²) in [5.74, 6) is 0. The lowest BCUT2D eigenvalue weighted by Crippen LogP contribution is -2.26. The molecular formula is C82H62N2. The number of aromatic nitrogens is 1. The van der Waals surface area contributed by atoms with Crippen molar-refractivity contribution in [3.8, 4) is 61.3 Å². The van der Waals surface area contributed by atoms with E-state index < -0.39 is 10.8 Å². The van der Waals surface area contributed by atoms with Crippen LogP contribution < -0.4 is 4.90 Å². The summed E-state index contributed by atoms with van der Waals surface area (Å²) in [7, 11) is 0.